The highest BCUT2D eigenvalue weighted by Crippen LogP contribution is 2.28. The van der Waals surface area contributed by atoms with E-state index in [0.29, 0.717) is 18.8 Å². The first-order valence-corrected chi connectivity index (χ1v) is 13.5. The minimum Gasteiger partial charge on any atom is -0.491 e. The van der Waals surface area contributed by atoms with Gasteiger partial charge in [0.05, 0.1) is 5.69 Å². The zero-order chi connectivity index (χ0) is 24.7. The van der Waals surface area contributed by atoms with Crippen LogP contribution in [0, 0.1) is 0 Å². The van der Waals surface area contributed by atoms with Crippen molar-refractivity contribution in [2.75, 3.05) is 17.9 Å². The van der Waals surface area contributed by atoms with Gasteiger partial charge in [-0.3, -0.25) is 9.62 Å². The molecule has 0 saturated carbocycles. The van der Waals surface area contributed by atoms with Gasteiger partial charge in [0.25, 0.3) is 10.2 Å². The van der Waals surface area contributed by atoms with E-state index in [-0.39, 0.29) is 12.6 Å². The van der Waals surface area contributed by atoms with Gasteiger partial charge in [0.2, 0.25) is 0 Å². The van der Waals surface area contributed by atoms with E-state index < -0.39 is 16.3 Å². The van der Waals surface area contributed by atoms with Gasteiger partial charge in [-0.25, -0.2) is 5.14 Å². The average molecular weight is 496 g/mol. The Bertz CT molecular complexity index is 1190. The van der Waals surface area contributed by atoms with Crippen molar-refractivity contribution in [2.45, 2.75) is 44.4 Å². The van der Waals surface area contributed by atoms with Crippen molar-refractivity contribution in [3.05, 3.63) is 95.6 Å². The van der Waals surface area contributed by atoms with Crippen molar-refractivity contribution in [1.82, 2.24) is 4.90 Å². The Balaban J connectivity index is 1.51. The van der Waals surface area contributed by atoms with Crippen molar-refractivity contribution in [1.29, 1.82) is 0 Å². The van der Waals surface area contributed by atoms with Crippen molar-refractivity contribution in [3.63, 3.8) is 0 Å². The van der Waals surface area contributed by atoms with Crippen molar-refractivity contribution in [2.24, 2.45) is 5.14 Å². The quantitative estimate of drug-likeness (QED) is 0.374. The monoisotopic (exact) mass is 495 g/mol. The molecule has 2 atom stereocenters. The molecule has 0 aliphatic heterocycles. The van der Waals surface area contributed by atoms with Gasteiger partial charge >= 0.3 is 0 Å². The lowest BCUT2D eigenvalue weighted by molar-refractivity contribution is 0.0463. The summed E-state index contributed by atoms with van der Waals surface area (Å²) in [6, 6.07) is 25.6. The first-order chi connectivity index (χ1) is 16.9. The molecule has 4 rings (SSSR count). The third kappa shape index (κ3) is 7.80. The maximum atomic E-state index is 11.5. The Morgan fingerprint density at radius 2 is 1.74 bits per heavy atom. The van der Waals surface area contributed by atoms with Crippen molar-refractivity contribution in [3.8, 4) is 5.75 Å². The van der Waals surface area contributed by atoms with Gasteiger partial charge in [-0.2, -0.15) is 8.42 Å². The predicted molar refractivity (Wildman–Crippen MR) is 138 cm³/mol. The molecule has 3 aromatic carbocycles. The molecule has 0 heterocycles. The number of aryl methyl sites for hydroxylation is 1. The molecule has 0 radical (unpaired) electrons. The number of benzene rings is 3. The summed E-state index contributed by atoms with van der Waals surface area (Å²) in [5, 5.41) is 16.0. The molecule has 1 aliphatic carbocycles. The molecule has 4 N–H and O–H groups in total. The van der Waals surface area contributed by atoms with Crippen LogP contribution in [-0.2, 0) is 29.6 Å². The Morgan fingerprint density at radius 3 is 2.46 bits per heavy atom. The molecule has 35 heavy (non-hydrogen) atoms. The van der Waals surface area contributed by atoms with Crippen LogP contribution in [0.1, 0.15) is 29.5 Å². The summed E-state index contributed by atoms with van der Waals surface area (Å²) in [7, 11) is -3.84. The number of nitrogens with one attached hydrogen (secondary N) is 1. The molecule has 1 aliphatic rings. The third-order valence-corrected chi connectivity index (χ3v) is 6.80. The lowest BCUT2D eigenvalue weighted by atomic mass is 9.99. The summed E-state index contributed by atoms with van der Waals surface area (Å²) >= 11 is 0. The number of hydrogen-bond donors (Lipinski definition) is 3. The fourth-order valence-corrected chi connectivity index (χ4v) is 5.13. The second kappa shape index (κ2) is 11.7. The summed E-state index contributed by atoms with van der Waals surface area (Å²) in [5.74, 6) is 0.736. The molecule has 0 aromatic heterocycles. The number of aliphatic hydroxyl groups is 1. The maximum absolute atomic E-state index is 11.5. The fraction of sp³-hybridized carbons (Fsp3) is 0.333. The molecule has 0 fully saturated rings. The molecular weight excluding hydrogens is 462 g/mol. The number of nitrogens with zero attached hydrogens (tertiary/aromatic N) is 1. The zero-order valence-electron chi connectivity index (χ0n) is 19.7. The van der Waals surface area contributed by atoms with Crippen LogP contribution in [0.5, 0.6) is 5.75 Å². The van der Waals surface area contributed by atoms with E-state index in [4.69, 9.17) is 9.88 Å². The summed E-state index contributed by atoms with van der Waals surface area (Å²) in [4.78, 5) is 2.32. The van der Waals surface area contributed by atoms with E-state index >= 15 is 0 Å². The molecule has 0 saturated heterocycles. The van der Waals surface area contributed by atoms with E-state index in [9.17, 15) is 13.5 Å². The zero-order valence-corrected chi connectivity index (χ0v) is 20.5. The second-order valence-electron chi connectivity index (χ2n) is 9.07. The minimum atomic E-state index is -3.84. The average Bonchev–Trinajstić information content (AvgIpc) is 3.05. The molecular formula is C27H33N3O4S. The van der Waals surface area contributed by atoms with E-state index in [1.54, 1.807) is 6.07 Å². The molecule has 0 amide bonds. The maximum Gasteiger partial charge on any atom is 0.296 e. The number of para-hydroxylation sites is 1. The van der Waals surface area contributed by atoms with E-state index in [2.05, 4.69) is 21.8 Å². The molecule has 3 aromatic rings. The number of fused-ring (bicyclic) bond motifs is 1. The summed E-state index contributed by atoms with van der Waals surface area (Å²) < 4.78 is 31.2. The largest absolute Gasteiger partial charge is 0.491 e. The lowest BCUT2D eigenvalue weighted by Gasteiger charge is -2.33. The Labute approximate surface area is 207 Å². The highest BCUT2D eigenvalue weighted by molar-refractivity contribution is 7.90. The Hall–Kier alpha value is -2.91. The summed E-state index contributed by atoms with van der Waals surface area (Å²) in [6.07, 6.45) is 3.03. The van der Waals surface area contributed by atoms with Crippen LogP contribution in [0.3, 0.4) is 0 Å². The van der Waals surface area contributed by atoms with Crippen LogP contribution in [0.2, 0.25) is 0 Å². The minimum absolute atomic E-state index is 0.188. The normalized spacial score (nSPS) is 16.8. The van der Waals surface area contributed by atoms with Gasteiger partial charge in [0.1, 0.15) is 18.5 Å². The van der Waals surface area contributed by atoms with Crippen LogP contribution in [0.4, 0.5) is 5.69 Å². The summed E-state index contributed by atoms with van der Waals surface area (Å²) in [6.45, 7) is 1.39. The standard InChI is InChI=1S/C27H33N3O4S/c28-35(32,33)29-24-15-14-22-10-7-11-25(17-23(22)16-24)30(18-21-8-3-1-4-9-21)19-26(31)20-34-27-12-5-2-6-13-27/h1-6,8-9,12-16,25-26,29,31H,7,10-11,17-20H2,(H2,28,32,33)/t25?,26-/m0/s1. The van der Waals surface area contributed by atoms with Crippen molar-refractivity contribution >= 4 is 15.9 Å². The lowest BCUT2D eigenvalue weighted by Crippen LogP contribution is -2.42. The summed E-state index contributed by atoms with van der Waals surface area (Å²) in [5.41, 5.74) is 3.98. The van der Waals surface area contributed by atoms with Gasteiger partial charge in [-0.05, 0) is 66.6 Å². The van der Waals surface area contributed by atoms with E-state index in [1.807, 2.05) is 60.7 Å². The number of hydrogen-bond acceptors (Lipinski definition) is 5. The van der Waals surface area contributed by atoms with Gasteiger partial charge in [0, 0.05) is 19.1 Å². The van der Waals surface area contributed by atoms with Gasteiger partial charge in [0.15, 0.2) is 0 Å². The van der Waals surface area contributed by atoms with Gasteiger partial charge in [-0.1, -0.05) is 54.6 Å². The molecule has 1 unspecified atom stereocenters. The molecule has 0 bridgehead atoms. The van der Waals surface area contributed by atoms with Gasteiger partial charge in [-0.15, -0.1) is 0 Å². The Kier molecular flexibility index (Phi) is 8.41. The molecule has 7 nitrogen and oxygen atoms in total. The number of rotatable bonds is 10. The van der Waals surface area contributed by atoms with E-state index in [0.717, 1.165) is 37.0 Å². The highest BCUT2D eigenvalue weighted by Gasteiger charge is 2.25. The van der Waals surface area contributed by atoms with Crippen LogP contribution in [-0.4, -0.2) is 43.7 Å². The number of aliphatic hydroxyl groups excluding tert-OH is 1. The first kappa shape index (κ1) is 25.2. The van der Waals surface area contributed by atoms with Crippen molar-refractivity contribution < 1.29 is 18.3 Å². The van der Waals surface area contributed by atoms with Crippen LogP contribution in [0.15, 0.2) is 78.9 Å². The Morgan fingerprint density at radius 1 is 1.03 bits per heavy atom. The van der Waals surface area contributed by atoms with Crippen LogP contribution in [0.25, 0.3) is 0 Å². The second-order valence-corrected chi connectivity index (χ2v) is 10.4. The first-order valence-electron chi connectivity index (χ1n) is 11.9. The molecule has 0 spiro atoms. The highest BCUT2D eigenvalue weighted by atomic mass is 32.2. The number of nitrogens with two attached hydrogens (primary N) is 1. The smallest absolute Gasteiger partial charge is 0.296 e. The predicted octanol–water partition coefficient (Wildman–Crippen LogP) is 3.49. The number of anilines is 1. The van der Waals surface area contributed by atoms with Crippen LogP contribution >= 0.6 is 0 Å². The van der Waals surface area contributed by atoms with E-state index in [1.165, 1.54) is 11.1 Å². The molecule has 186 valence electrons. The molecule has 8 heteroatoms. The van der Waals surface area contributed by atoms with Crippen LogP contribution < -0.4 is 14.6 Å². The topological polar surface area (TPSA) is 105 Å². The third-order valence-electron chi connectivity index (χ3n) is 6.28. The SMILES string of the molecule is NS(=O)(=O)Nc1ccc2c(c1)CC(N(Cc1ccccc1)C[C@H](O)COc1ccccc1)CCC2. The fourth-order valence-electron chi connectivity index (χ4n) is 4.68. The van der Waals surface area contributed by atoms with Gasteiger partial charge < -0.3 is 9.84 Å². The number of ether oxygens (including phenoxy) is 1.